The molecule has 112 valence electrons. The van der Waals surface area contributed by atoms with Gasteiger partial charge in [0.15, 0.2) is 0 Å². The second kappa shape index (κ2) is 6.56. The number of rotatable bonds is 4. The average molecular weight is 301 g/mol. The molecule has 1 aliphatic rings. The summed E-state index contributed by atoms with van der Waals surface area (Å²) in [5.74, 6) is -0.182. The third-order valence-electron chi connectivity index (χ3n) is 3.38. The molecule has 1 saturated heterocycles. The molecule has 6 nitrogen and oxygen atoms in total. The van der Waals surface area contributed by atoms with E-state index in [0.717, 1.165) is 32.8 Å². The van der Waals surface area contributed by atoms with Crippen LogP contribution in [0.15, 0.2) is 0 Å². The van der Waals surface area contributed by atoms with Crippen molar-refractivity contribution < 1.29 is 9.53 Å². The number of nitrogens with zero attached hydrogens (tertiary/aromatic N) is 3. The van der Waals surface area contributed by atoms with Gasteiger partial charge in [0.2, 0.25) is 0 Å². The Bertz CT molecular complexity index is 483. The van der Waals surface area contributed by atoms with Crippen molar-refractivity contribution in [2.45, 2.75) is 19.9 Å². The first-order chi connectivity index (χ1) is 9.49. The number of morpholine rings is 1. The van der Waals surface area contributed by atoms with E-state index >= 15 is 0 Å². The van der Waals surface area contributed by atoms with Crippen molar-refractivity contribution in [3.63, 3.8) is 0 Å². The van der Waals surface area contributed by atoms with Gasteiger partial charge in [0.25, 0.3) is 5.91 Å². The van der Waals surface area contributed by atoms with Crippen molar-refractivity contribution in [3.8, 4) is 0 Å². The number of hydrogen-bond acceptors (Lipinski definition) is 4. The van der Waals surface area contributed by atoms with Gasteiger partial charge in [-0.25, -0.2) is 0 Å². The summed E-state index contributed by atoms with van der Waals surface area (Å²) in [6, 6.07) is 0.0480. The number of amides is 1. The first-order valence-corrected chi connectivity index (χ1v) is 7.17. The molecule has 0 aromatic carbocycles. The molecule has 20 heavy (non-hydrogen) atoms. The molecule has 1 aliphatic heterocycles. The molecule has 0 unspecified atom stereocenters. The average Bonchev–Trinajstić information content (AvgIpc) is 2.64. The molecule has 1 fully saturated rings. The number of hydrogen-bond donors (Lipinski definition) is 1. The van der Waals surface area contributed by atoms with E-state index in [1.807, 2.05) is 6.92 Å². The van der Waals surface area contributed by atoms with Gasteiger partial charge in [0.05, 0.1) is 23.9 Å². The summed E-state index contributed by atoms with van der Waals surface area (Å²) in [6.07, 6.45) is 0. The van der Waals surface area contributed by atoms with Crippen molar-refractivity contribution in [2.75, 3.05) is 32.8 Å². The molecule has 0 radical (unpaired) electrons. The summed E-state index contributed by atoms with van der Waals surface area (Å²) in [4.78, 5) is 14.5. The lowest BCUT2D eigenvalue weighted by Crippen LogP contribution is -2.46. The van der Waals surface area contributed by atoms with Crippen molar-refractivity contribution in [1.82, 2.24) is 20.0 Å². The second-order valence-corrected chi connectivity index (χ2v) is 5.54. The molecule has 1 atom stereocenters. The molecule has 1 N–H and O–H groups in total. The third-order valence-corrected chi connectivity index (χ3v) is 3.83. The van der Waals surface area contributed by atoms with Crippen LogP contribution in [0, 0.1) is 6.92 Å². The van der Waals surface area contributed by atoms with Crippen molar-refractivity contribution in [1.29, 1.82) is 0 Å². The predicted molar refractivity (Wildman–Crippen MR) is 77.1 cm³/mol. The smallest absolute Gasteiger partial charge is 0.271 e. The minimum Gasteiger partial charge on any atom is -0.379 e. The number of ether oxygens (including phenoxy) is 1. The molecule has 7 heteroatoms. The predicted octanol–water partition coefficient (Wildman–Crippen LogP) is 0.832. The van der Waals surface area contributed by atoms with Crippen molar-refractivity contribution in [2.24, 2.45) is 7.05 Å². The van der Waals surface area contributed by atoms with Crippen molar-refractivity contribution >= 4 is 17.5 Å². The lowest BCUT2D eigenvalue weighted by molar-refractivity contribution is 0.0342. The van der Waals surface area contributed by atoms with Gasteiger partial charge in [0.1, 0.15) is 5.69 Å². The number of carbonyl (C=O) groups is 1. The first-order valence-electron chi connectivity index (χ1n) is 6.79. The highest BCUT2D eigenvalue weighted by atomic mass is 35.5. The summed E-state index contributed by atoms with van der Waals surface area (Å²) in [6.45, 7) is 7.92. The molecule has 2 rings (SSSR count). The summed E-state index contributed by atoms with van der Waals surface area (Å²) < 4.78 is 6.83. The monoisotopic (exact) mass is 300 g/mol. The van der Waals surface area contributed by atoms with Crippen LogP contribution in [0.1, 0.15) is 23.1 Å². The van der Waals surface area contributed by atoms with Gasteiger partial charge in [-0.05, 0) is 13.8 Å². The Kier molecular flexibility index (Phi) is 5.01. The molecule has 0 spiro atoms. The zero-order chi connectivity index (χ0) is 14.7. The van der Waals surface area contributed by atoms with E-state index in [9.17, 15) is 4.79 Å². The molecular weight excluding hydrogens is 280 g/mol. The number of aryl methyl sites for hydroxylation is 2. The second-order valence-electron chi connectivity index (χ2n) is 5.16. The van der Waals surface area contributed by atoms with Gasteiger partial charge >= 0.3 is 0 Å². The Morgan fingerprint density at radius 2 is 2.15 bits per heavy atom. The Hall–Kier alpha value is -1.11. The first kappa shape index (κ1) is 15.3. The van der Waals surface area contributed by atoms with Gasteiger partial charge in [-0.15, -0.1) is 0 Å². The summed E-state index contributed by atoms with van der Waals surface area (Å²) in [7, 11) is 1.72. The number of nitrogens with one attached hydrogen (secondary N) is 1. The Balaban J connectivity index is 1.93. The van der Waals surface area contributed by atoms with Gasteiger partial charge in [-0.3, -0.25) is 14.4 Å². The Labute approximate surface area is 124 Å². The van der Waals surface area contributed by atoms with E-state index in [-0.39, 0.29) is 11.9 Å². The van der Waals surface area contributed by atoms with E-state index in [2.05, 4.69) is 15.3 Å². The van der Waals surface area contributed by atoms with Gasteiger partial charge < -0.3 is 10.1 Å². The van der Waals surface area contributed by atoms with Crippen molar-refractivity contribution in [3.05, 3.63) is 16.4 Å². The maximum atomic E-state index is 12.3. The highest BCUT2D eigenvalue weighted by molar-refractivity contribution is 6.34. The van der Waals surface area contributed by atoms with Crippen LogP contribution in [-0.4, -0.2) is 59.5 Å². The lowest BCUT2D eigenvalue weighted by Gasteiger charge is -2.29. The van der Waals surface area contributed by atoms with Crippen LogP contribution >= 0.6 is 11.6 Å². The van der Waals surface area contributed by atoms with E-state index in [0.29, 0.717) is 16.4 Å². The Morgan fingerprint density at radius 3 is 2.70 bits per heavy atom. The van der Waals surface area contributed by atoms with Crippen LogP contribution < -0.4 is 5.32 Å². The van der Waals surface area contributed by atoms with Gasteiger partial charge in [0, 0.05) is 32.7 Å². The van der Waals surface area contributed by atoms with E-state index < -0.39 is 0 Å². The zero-order valence-corrected chi connectivity index (χ0v) is 12.9. The van der Waals surface area contributed by atoms with Crippen LogP contribution in [0.3, 0.4) is 0 Å². The normalized spacial score (nSPS) is 18.0. The molecule has 0 bridgehead atoms. The minimum atomic E-state index is -0.182. The van der Waals surface area contributed by atoms with E-state index in [4.69, 9.17) is 16.3 Å². The van der Waals surface area contributed by atoms with Crippen LogP contribution in [0.5, 0.6) is 0 Å². The maximum absolute atomic E-state index is 12.3. The maximum Gasteiger partial charge on any atom is 0.271 e. The zero-order valence-electron chi connectivity index (χ0n) is 12.1. The van der Waals surface area contributed by atoms with E-state index in [1.54, 1.807) is 14.0 Å². The van der Waals surface area contributed by atoms with Crippen LogP contribution in [0.2, 0.25) is 5.02 Å². The molecular formula is C13H21ClN4O2. The van der Waals surface area contributed by atoms with Gasteiger partial charge in [-0.2, -0.15) is 5.10 Å². The minimum absolute atomic E-state index is 0.0480. The highest BCUT2D eigenvalue weighted by Crippen LogP contribution is 2.19. The molecule has 1 aromatic rings. The van der Waals surface area contributed by atoms with E-state index in [1.165, 1.54) is 4.68 Å². The topological polar surface area (TPSA) is 59.4 Å². The SMILES string of the molecule is Cc1nn(C)c(C(=O)N[C@H](C)CN2CCOCC2)c1Cl. The Morgan fingerprint density at radius 1 is 1.50 bits per heavy atom. The third kappa shape index (κ3) is 3.50. The summed E-state index contributed by atoms with van der Waals surface area (Å²) >= 11 is 6.11. The molecule has 1 aromatic heterocycles. The molecule has 0 saturated carbocycles. The van der Waals surface area contributed by atoms with Crippen LogP contribution in [0.25, 0.3) is 0 Å². The molecule has 1 amide bonds. The number of halogens is 1. The largest absolute Gasteiger partial charge is 0.379 e. The van der Waals surface area contributed by atoms with Gasteiger partial charge in [-0.1, -0.05) is 11.6 Å². The number of carbonyl (C=O) groups excluding carboxylic acids is 1. The number of aromatic nitrogens is 2. The fourth-order valence-corrected chi connectivity index (χ4v) is 2.63. The quantitative estimate of drug-likeness (QED) is 0.895. The molecule has 2 heterocycles. The van der Waals surface area contributed by atoms with Crippen LogP contribution in [0.4, 0.5) is 0 Å². The molecule has 0 aliphatic carbocycles. The summed E-state index contributed by atoms with van der Waals surface area (Å²) in [5.41, 5.74) is 1.08. The fourth-order valence-electron chi connectivity index (χ4n) is 2.39. The van der Waals surface area contributed by atoms with Crippen LogP contribution in [-0.2, 0) is 11.8 Å². The summed E-state index contributed by atoms with van der Waals surface area (Å²) in [5, 5.41) is 7.54. The fraction of sp³-hybridized carbons (Fsp3) is 0.692. The highest BCUT2D eigenvalue weighted by Gasteiger charge is 2.21. The lowest BCUT2D eigenvalue weighted by atomic mass is 10.2. The standard InChI is InChI=1S/C13H21ClN4O2/c1-9(8-18-4-6-20-7-5-18)15-13(19)12-11(14)10(2)16-17(12)3/h9H,4-8H2,1-3H3,(H,15,19)/t9-/m1/s1.